The first-order chi connectivity index (χ1) is 16.8. The van der Waals surface area contributed by atoms with Crippen LogP contribution in [0.2, 0.25) is 0 Å². The van der Waals surface area contributed by atoms with Gasteiger partial charge in [0.1, 0.15) is 17.3 Å². The predicted molar refractivity (Wildman–Crippen MR) is 135 cm³/mol. The summed E-state index contributed by atoms with van der Waals surface area (Å²) in [5.41, 5.74) is 0.780. The number of methoxy groups -OCH3 is 1. The van der Waals surface area contributed by atoms with E-state index in [9.17, 15) is 13.2 Å². The Balaban J connectivity index is 1.85. The van der Waals surface area contributed by atoms with Gasteiger partial charge in [-0.25, -0.2) is 13.4 Å². The van der Waals surface area contributed by atoms with Crippen LogP contribution in [0, 0.1) is 0 Å². The van der Waals surface area contributed by atoms with Gasteiger partial charge in [0.25, 0.3) is 5.56 Å². The Bertz CT molecular complexity index is 1500. The maximum Gasteiger partial charge on any atom is 0.266 e. The van der Waals surface area contributed by atoms with Gasteiger partial charge in [-0.2, -0.15) is 4.31 Å². The van der Waals surface area contributed by atoms with E-state index in [-0.39, 0.29) is 10.5 Å². The first kappa shape index (κ1) is 24.4. The zero-order valence-electron chi connectivity index (χ0n) is 20.0. The number of sulfonamides is 1. The maximum atomic E-state index is 13.6. The molecule has 182 valence electrons. The molecule has 35 heavy (non-hydrogen) atoms. The summed E-state index contributed by atoms with van der Waals surface area (Å²) in [6, 6.07) is 19.5. The Labute approximate surface area is 204 Å². The second kappa shape index (κ2) is 9.89. The van der Waals surface area contributed by atoms with Crippen molar-refractivity contribution >= 4 is 20.9 Å². The van der Waals surface area contributed by atoms with Crippen LogP contribution in [0.1, 0.15) is 25.7 Å². The Hall–Kier alpha value is -3.69. The molecule has 0 spiro atoms. The molecule has 0 amide bonds. The standard InChI is InChI=1S/C26H27N3O5S/c1-5-34-21-12-10-19(11-13-21)29-25(27-24-9-7-6-8-23(24)26(29)30)18(2)28(3)35(31,32)22-16-14-20(33-4)15-17-22/h6-18H,5H2,1-4H3. The highest BCUT2D eigenvalue weighted by Gasteiger charge is 2.30. The SMILES string of the molecule is CCOc1ccc(-n2c(C(C)N(C)S(=O)(=O)c3ccc(OC)cc3)nc3ccccc3c2=O)cc1. The average molecular weight is 494 g/mol. The highest BCUT2D eigenvalue weighted by Crippen LogP contribution is 2.28. The van der Waals surface area contributed by atoms with Gasteiger partial charge in [0, 0.05) is 7.05 Å². The van der Waals surface area contributed by atoms with Gasteiger partial charge < -0.3 is 9.47 Å². The summed E-state index contributed by atoms with van der Waals surface area (Å²) in [7, 11) is -0.891. The van der Waals surface area contributed by atoms with Crippen molar-refractivity contribution < 1.29 is 17.9 Å². The van der Waals surface area contributed by atoms with Crippen molar-refractivity contribution in [3.8, 4) is 17.2 Å². The fraction of sp³-hybridized carbons (Fsp3) is 0.231. The van der Waals surface area contributed by atoms with Crippen molar-refractivity contribution in [2.75, 3.05) is 20.8 Å². The normalized spacial score (nSPS) is 12.6. The van der Waals surface area contributed by atoms with Gasteiger partial charge in [-0.1, -0.05) is 12.1 Å². The van der Waals surface area contributed by atoms with Crippen molar-refractivity contribution in [3.05, 3.63) is 89.0 Å². The Kier molecular flexibility index (Phi) is 6.90. The summed E-state index contributed by atoms with van der Waals surface area (Å²) in [4.78, 5) is 18.4. The van der Waals surface area contributed by atoms with E-state index in [1.54, 1.807) is 67.6 Å². The first-order valence-corrected chi connectivity index (χ1v) is 12.6. The average Bonchev–Trinajstić information content (AvgIpc) is 2.88. The van der Waals surface area contributed by atoms with Crippen molar-refractivity contribution in [2.45, 2.75) is 24.8 Å². The summed E-state index contributed by atoms with van der Waals surface area (Å²) >= 11 is 0. The third-order valence-electron chi connectivity index (χ3n) is 5.86. The molecular formula is C26H27N3O5S. The molecule has 0 bridgehead atoms. The van der Waals surface area contributed by atoms with Crippen molar-refractivity contribution in [1.82, 2.24) is 13.9 Å². The van der Waals surface area contributed by atoms with E-state index in [0.717, 1.165) is 0 Å². The fourth-order valence-corrected chi connectivity index (χ4v) is 5.15. The Morgan fingerprint density at radius 1 is 0.971 bits per heavy atom. The summed E-state index contributed by atoms with van der Waals surface area (Å²) in [5.74, 6) is 1.53. The summed E-state index contributed by atoms with van der Waals surface area (Å²) in [6.45, 7) is 4.13. The fourth-order valence-electron chi connectivity index (χ4n) is 3.82. The minimum Gasteiger partial charge on any atom is -0.497 e. The lowest BCUT2D eigenvalue weighted by Gasteiger charge is -2.26. The van der Waals surface area contributed by atoms with Crippen LogP contribution in [0.25, 0.3) is 16.6 Å². The van der Waals surface area contributed by atoms with Crippen LogP contribution >= 0.6 is 0 Å². The van der Waals surface area contributed by atoms with Crippen molar-refractivity contribution in [3.63, 3.8) is 0 Å². The molecule has 8 nitrogen and oxygen atoms in total. The van der Waals surface area contributed by atoms with Gasteiger partial charge in [-0.15, -0.1) is 0 Å². The minimum absolute atomic E-state index is 0.114. The molecule has 3 aromatic carbocycles. The quantitative estimate of drug-likeness (QED) is 0.366. The third kappa shape index (κ3) is 4.65. The number of rotatable bonds is 8. The second-order valence-corrected chi connectivity index (χ2v) is 9.92. The molecule has 0 N–H and O–H groups in total. The summed E-state index contributed by atoms with van der Waals surface area (Å²) < 4.78 is 40.2. The Morgan fingerprint density at radius 3 is 2.23 bits per heavy atom. The third-order valence-corrected chi connectivity index (χ3v) is 7.81. The van der Waals surface area contributed by atoms with Gasteiger partial charge in [-0.05, 0) is 74.5 Å². The van der Waals surface area contributed by atoms with Crippen LogP contribution in [-0.4, -0.2) is 43.0 Å². The number of benzene rings is 3. The lowest BCUT2D eigenvalue weighted by atomic mass is 10.2. The monoisotopic (exact) mass is 493 g/mol. The van der Waals surface area contributed by atoms with Crippen LogP contribution in [0.5, 0.6) is 11.5 Å². The number of para-hydroxylation sites is 1. The molecule has 1 unspecified atom stereocenters. The molecule has 4 rings (SSSR count). The van der Waals surface area contributed by atoms with Gasteiger partial charge in [0.05, 0.1) is 41.2 Å². The lowest BCUT2D eigenvalue weighted by molar-refractivity contribution is 0.340. The maximum absolute atomic E-state index is 13.6. The van der Waals surface area contributed by atoms with E-state index in [2.05, 4.69) is 0 Å². The molecule has 0 aliphatic carbocycles. The summed E-state index contributed by atoms with van der Waals surface area (Å²) in [6.07, 6.45) is 0. The van der Waals surface area contributed by atoms with Crippen LogP contribution in [0.3, 0.4) is 0 Å². The number of ether oxygens (including phenoxy) is 2. The van der Waals surface area contributed by atoms with Gasteiger partial charge in [0.2, 0.25) is 10.0 Å². The van der Waals surface area contributed by atoms with Crippen LogP contribution < -0.4 is 15.0 Å². The molecule has 0 saturated carbocycles. The predicted octanol–water partition coefficient (Wildman–Crippen LogP) is 4.17. The zero-order chi connectivity index (χ0) is 25.2. The smallest absolute Gasteiger partial charge is 0.266 e. The van der Waals surface area contributed by atoms with Crippen LogP contribution in [0.4, 0.5) is 0 Å². The van der Waals surface area contributed by atoms with Crippen molar-refractivity contribution in [2.24, 2.45) is 0 Å². The molecule has 0 fully saturated rings. The molecule has 1 atom stereocenters. The molecule has 1 heterocycles. The molecule has 1 aromatic heterocycles. The highest BCUT2D eigenvalue weighted by molar-refractivity contribution is 7.89. The largest absolute Gasteiger partial charge is 0.497 e. The molecular weight excluding hydrogens is 466 g/mol. The van der Waals surface area contributed by atoms with Crippen LogP contribution in [0.15, 0.2) is 82.5 Å². The molecule has 0 radical (unpaired) electrons. The van der Waals surface area contributed by atoms with Gasteiger partial charge in [-0.3, -0.25) is 9.36 Å². The molecule has 0 saturated heterocycles. The van der Waals surface area contributed by atoms with E-state index in [0.29, 0.717) is 40.5 Å². The topological polar surface area (TPSA) is 90.7 Å². The van der Waals surface area contributed by atoms with E-state index in [4.69, 9.17) is 14.5 Å². The van der Waals surface area contributed by atoms with Gasteiger partial charge in [0.15, 0.2) is 0 Å². The second-order valence-electron chi connectivity index (χ2n) is 7.93. The number of nitrogens with zero attached hydrogens (tertiary/aromatic N) is 3. The van der Waals surface area contributed by atoms with Gasteiger partial charge >= 0.3 is 0 Å². The van der Waals surface area contributed by atoms with E-state index in [1.807, 2.05) is 6.92 Å². The van der Waals surface area contributed by atoms with Crippen molar-refractivity contribution in [1.29, 1.82) is 0 Å². The highest BCUT2D eigenvalue weighted by atomic mass is 32.2. The number of fused-ring (bicyclic) bond motifs is 1. The minimum atomic E-state index is -3.89. The summed E-state index contributed by atoms with van der Waals surface area (Å²) in [5, 5.41) is 0.443. The number of hydrogen-bond donors (Lipinski definition) is 0. The zero-order valence-corrected chi connectivity index (χ0v) is 20.8. The first-order valence-electron chi connectivity index (χ1n) is 11.1. The van der Waals surface area contributed by atoms with E-state index < -0.39 is 16.1 Å². The number of hydrogen-bond acceptors (Lipinski definition) is 6. The van der Waals surface area contributed by atoms with E-state index >= 15 is 0 Å². The van der Waals surface area contributed by atoms with Crippen LogP contribution in [-0.2, 0) is 10.0 Å². The Morgan fingerprint density at radius 2 is 1.60 bits per heavy atom. The molecule has 4 aromatic rings. The molecule has 9 heteroatoms. The number of aromatic nitrogens is 2. The molecule has 0 aliphatic rings. The molecule has 0 aliphatic heterocycles. The lowest BCUT2D eigenvalue weighted by Crippen LogP contribution is -2.34. The van der Waals surface area contributed by atoms with E-state index in [1.165, 1.54) is 35.2 Å².